The van der Waals surface area contributed by atoms with Crippen molar-refractivity contribution >= 4 is 5.69 Å². The van der Waals surface area contributed by atoms with Gasteiger partial charge in [-0.05, 0) is 0 Å². The van der Waals surface area contributed by atoms with Crippen molar-refractivity contribution in [2.24, 2.45) is 0 Å². The molecule has 0 aliphatic carbocycles. The maximum Gasteiger partial charge on any atom is 0.574 e. The lowest BCUT2D eigenvalue weighted by Crippen LogP contribution is -2.19. The van der Waals surface area contributed by atoms with Gasteiger partial charge in [0.15, 0.2) is 5.82 Å². The third-order valence-electron chi connectivity index (χ3n) is 1.62. The molecule has 0 aliphatic heterocycles. The van der Waals surface area contributed by atoms with Gasteiger partial charge in [0.05, 0.1) is 11.1 Å². The van der Waals surface area contributed by atoms with Gasteiger partial charge >= 0.3 is 17.9 Å². The summed E-state index contributed by atoms with van der Waals surface area (Å²) in [5.41, 5.74) is -3.67. The van der Waals surface area contributed by atoms with Crippen LogP contribution in [0.25, 0.3) is 0 Å². The predicted molar refractivity (Wildman–Crippen MR) is 42.5 cm³/mol. The van der Waals surface area contributed by atoms with Crippen LogP contribution < -0.4 is 4.74 Å². The molecule has 0 aliphatic rings. The lowest BCUT2D eigenvalue weighted by atomic mass is 10.2. The first-order chi connectivity index (χ1) is 8.13. The predicted octanol–water partition coefficient (Wildman–Crippen LogP) is 2.97. The van der Waals surface area contributed by atoms with Gasteiger partial charge in [0.2, 0.25) is 0 Å². The van der Waals surface area contributed by atoms with Crippen LogP contribution in [0, 0.1) is 15.9 Å². The van der Waals surface area contributed by atoms with E-state index in [-0.39, 0.29) is 6.20 Å². The molecule has 0 unspecified atom stereocenters. The number of hydrogen-bond acceptors (Lipinski definition) is 4. The molecule has 0 saturated heterocycles. The minimum Gasteiger partial charge on any atom is -0.381 e. The number of alkyl halides is 5. The SMILES string of the molecule is O=[N+]([O-])c1c(OC(F)(F)F)ncc(F)c1C(F)F. The number of nitrogens with zero attached hydrogens (tertiary/aromatic N) is 2. The van der Waals surface area contributed by atoms with Crippen molar-refractivity contribution in [3.05, 3.63) is 27.7 Å². The van der Waals surface area contributed by atoms with Crippen LogP contribution in [0.15, 0.2) is 6.20 Å². The van der Waals surface area contributed by atoms with Crippen molar-refractivity contribution < 1.29 is 36.0 Å². The van der Waals surface area contributed by atoms with E-state index >= 15 is 0 Å². The van der Waals surface area contributed by atoms with Gasteiger partial charge in [0.1, 0.15) is 5.56 Å². The summed E-state index contributed by atoms with van der Waals surface area (Å²) in [4.78, 5) is 11.4. The second kappa shape index (κ2) is 4.66. The molecule has 5 nitrogen and oxygen atoms in total. The Balaban J connectivity index is 3.44. The molecular formula is C7H2F6N2O3. The van der Waals surface area contributed by atoms with Crippen LogP contribution in [0.1, 0.15) is 12.0 Å². The lowest BCUT2D eigenvalue weighted by Gasteiger charge is -2.10. The zero-order valence-corrected chi connectivity index (χ0v) is 8.04. The Morgan fingerprint density at radius 1 is 1.39 bits per heavy atom. The van der Waals surface area contributed by atoms with Gasteiger partial charge in [-0.2, -0.15) is 0 Å². The summed E-state index contributed by atoms with van der Waals surface area (Å²) in [5.74, 6) is -3.55. The van der Waals surface area contributed by atoms with E-state index in [1.165, 1.54) is 0 Å². The summed E-state index contributed by atoms with van der Waals surface area (Å²) in [6.07, 6.45) is -9.09. The topological polar surface area (TPSA) is 65.3 Å². The molecule has 0 fully saturated rings. The third-order valence-corrected chi connectivity index (χ3v) is 1.62. The molecule has 0 spiro atoms. The second-order valence-electron chi connectivity index (χ2n) is 2.78. The van der Waals surface area contributed by atoms with E-state index in [1.54, 1.807) is 0 Å². The molecule has 0 bridgehead atoms. The Kier molecular flexibility index (Phi) is 3.62. The molecule has 0 atom stereocenters. The molecule has 0 saturated carbocycles. The van der Waals surface area contributed by atoms with Gasteiger partial charge in [-0.15, -0.1) is 13.2 Å². The summed E-state index contributed by atoms with van der Waals surface area (Å²) in [5, 5.41) is 10.4. The quantitative estimate of drug-likeness (QED) is 0.483. The average molecular weight is 276 g/mol. The largest absolute Gasteiger partial charge is 0.574 e. The molecule has 1 aromatic rings. The zero-order valence-electron chi connectivity index (χ0n) is 8.04. The average Bonchev–Trinajstić information content (AvgIpc) is 2.17. The van der Waals surface area contributed by atoms with E-state index < -0.39 is 40.7 Å². The Hall–Kier alpha value is -2.07. The van der Waals surface area contributed by atoms with Gasteiger partial charge in [0.25, 0.3) is 6.43 Å². The van der Waals surface area contributed by atoms with Crippen LogP contribution in [0.5, 0.6) is 5.88 Å². The second-order valence-corrected chi connectivity index (χ2v) is 2.78. The van der Waals surface area contributed by atoms with Gasteiger partial charge in [0, 0.05) is 0 Å². The molecule has 18 heavy (non-hydrogen) atoms. The molecule has 11 heteroatoms. The molecular weight excluding hydrogens is 274 g/mol. The number of nitro groups is 1. The van der Waals surface area contributed by atoms with Crippen LogP contribution in [-0.2, 0) is 0 Å². The van der Waals surface area contributed by atoms with Crippen LogP contribution in [-0.4, -0.2) is 16.3 Å². The van der Waals surface area contributed by atoms with Crippen LogP contribution in [0.4, 0.5) is 32.0 Å². The van der Waals surface area contributed by atoms with E-state index in [1.807, 2.05) is 0 Å². The molecule has 100 valence electrons. The minimum absolute atomic E-state index is 0.0183. The number of rotatable bonds is 3. The fraction of sp³-hybridized carbons (Fsp3) is 0.286. The summed E-state index contributed by atoms with van der Waals surface area (Å²) in [6.45, 7) is 0. The highest BCUT2D eigenvalue weighted by Gasteiger charge is 2.39. The maximum atomic E-state index is 12.9. The van der Waals surface area contributed by atoms with E-state index in [2.05, 4.69) is 9.72 Å². The number of pyridine rings is 1. The highest BCUT2D eigenvalue weighted by Crippen LogP contribution is 2.38. The third kappa shape index (κ3) is 2.99. The fourth-order valence-corrected chi connectivity index (χ4v) is 1.04. The normalized spacial score (nSPS) is 11.7. The van der Waals surface area contributed by atoms with Crippen LogP contribution >= 0.6 is 0 Å². The Bertz CT molecular complexity index is 475. The zero-order chi connectivity index (χ0) is 14.1. The standard InChI is InChI=1S/C7H2F6N2O3/c8-2-1-14-6(18-7(11,12)13)4(15(16)17)3(2)5(9)10/h1,5H. The van der Waals surface area contributed by atoms with Crippen molar-refractivity contribution in [2.75, 3.05) is 0 Å². The first-order valence-corrected chi connectivity index (χ1v) is 4.00. The number of hydrogen-bond donors (Lipinski definition) is 0. The molecule has 0 aromatic carbocycles. The molecule has 1 aromatic heterocycles. The van der Waals surface area contributed by atoms with Gasteiger partial charge in [-0.25, -0.2) is 18.2 Å². The van der Waals surface area contributed by atoms with E-state index in [0.29, 0.717) is 0 Å². The highest BCUT2D eigenvalue weighted by atomic mass is 19.4. The Morgan fingerprint density at radius 3 is 2.33 bits per heavy atom. The first-order valence-electron chi connectivity index (χ1n) is 4.00. The summed E-state index contributed by atoms with van der Waals surface area (Å²) in [6, 6.07) is 0. The number of ether oxygens (including phenoxy) is 1. The van der Waals surface area contributed by atoms with Crippen molar-refractivity contribution in [2.45, 2.75) is 12.8 Å². The van der Waals surface area contributed by atoms with Crippen LogP contribution in [0.2, 0.25) is 0 Å². The molecule has 0 radical (unpaired) electrons. The maximum absolute atomic E-state index is 12.9. The van der Waals surface area contributed by atoms with E-state index in [4.69, 9.17) is 0 Å². The molecule has 1 heterocycles. The number of aromatic nitrogens is 1. The van der Waals surface area contributed by atoms with Crippen molar-refractivity contribution in [1.82, 2.24) is 4.98 Å². The number of halogens is 6. The lowest BCUT2D eigenvalue weighted by molar-refractivity contribution is -0.390. The minimum atomic E-state index is -5.38. The van der Waals surface area contributed by atoms with Gasteiger partial charge in [-0.1, -0.05) is 0 Å². The Labute approximate surface area is 94.1 Å². The fourth-order valence-electron chi connectivity index (χ4n) is 1.04. The molecule has 0 N–H and O–H groups in total. The van der Waals surface area contributed by atoms with Gasteiger partial charge in [-0.3, -0.25) is 10.1 Å². The van der Waals surface area contributed by atoms with Gasteiger partial charge < -0.3 is 4.74 Å². The Morgan fingerprint density at radius 2 is 1.94 bits per heavy atom. The van der Waals surface area contributed by atoms with Crippen molar-refractivity contribution in [3.63, 3.8) is 0 Å². The summed E-state index contributed by atoms with van der Waals surface area (Å²) >= 11 is 0. The first kappa shape index (κ1) is 14.0. The van der Waals surface area contributed by atoms with E-state index in [0.717, 1.165) is 0 Å². The molecule has 0 amide bonds. The summed E-state index contributed by atoms with van der Waals surface area (Å²) < 4.78 is 76.2. The van der Waals surface area contributed by atoms with Crippen LogP contribution in [0.3, 0.4) is 0 Å². The smallest absolute Gasteiger partial charge is 0.381 e. The van der Waals surface area contributed by atoms with E-state index in [9.17, 15) is 36.5 Å². The highest BCUT2D eigenvalue weighted by molar-refractivity contribution is 5.49. The molecule has 1 rings (SSSR count). The monoisotopic (exact) mass is 276 g/mol. The van der Waals surface area contributed by atoms with Crippen molar-refractivity contribution in [3.8, 4) is 5.88 Å². The van der Waals surface area contributed by atoms with Crippen molar-refractivity contribution in [1.29, 1.82) is 0 Å². The summed E-state index contributed by atoms with van der Waals surface area (Å²) in [7, 11) is 0.